The van der Waals surface area contributed by atoms with E-state index in [1.54, 1.807) is 6.26 Å². The van der Waals surface area contributed by atoms with Gasteiger partial charge in [-0.1, -0.05) is 47.5 Å². The highest BCUT2D eigenvalue weighted by molar-refractivity contribution is 5.72. The Bertz CT molecular complexity index is 217. The van der Waals surface area contributed by atoms with Gasteiger partial charge < -0.3 is 4.74 Å². The molecule has 0 heterocycles. The fourth-order valence-corrected chi connectivity index (χ4v) is 1.32. The Morgan fingerprint density at radius 1 is 1.12 bits per heavy atom. The maximum atomic E-state index is 11.2. The Labute approximate surface area is 100 Å². The molecule has 2 nitrogen and oxygen atoms in total. The van der Waals surface area contributed by atoms with Gasteiger partial charge in [0.2, 0.25) is 0 Å². The Kier molecular flexibility index (Phi) is 7.96. The van der Waals surface area contributed by atoms with E-state index in [1.165, 1.54) is 12.8 Å². The van der Waals surface area contributed by atoms with Crippen LogP contribution in [0.15, 0.2) is 12.3 Å². The van der Waals surface area contributed by atoms with E-state index < -0.39 is 0 Å². The predicted octanol–water partition coefficient (Wildman–Crippen LogP) is 4.16. The normalized spacial score (nSPS) is 13.7. The SMILES string of the molecule is CC(C)CCCC(C)C=COC(=O)C(C)C. The number of carbonyl (C=O) groups excluding carboxylic acids is 1. The lowest BCUT2D eigenvalue weighted by molar-refractivity contribution is -0.141. The van der Waals surface area contributed by atoms with E-state index in [0.29, 0.717) is 5.92 Å². The van der Waals surface area contributed by atoms with Crippen molar-refractivity contribution in [2.45, 2.75) is 53.9 Å². The fourth-order valence-electron chi connectivity index (χ4n) is 1.32. The lowest BCUT2D eigenvalue weighted by Crippen LogP contribution is -2.07. The molecule has 0 rings (SSSR count). The monoisotopic (exact) mass is 226 g/mol. The lowest BCUT2D eigenvalue weighted by Gasteiger charge is -2.08. The van der Waals surface area contributed by atoms with Gasteiger partial charge >= 0.3 is 5.97 Å². The van der Waals surface area contributed by atoms with Gasteiger partial charge in [0.05, 0.1) is 12.2 Å². The summed E-state index contributed by atoms with van der Waals surface area (Å²) in [5.41, 5.74) is 0. The first kappa shape index (κ1) is 15.2. The van der Waals surface area contributed by atoms with Gasteiger partial charge in [-0.2, -0.15) is 0 Å². The highest BCUT2D eigenvalue weighted by Crippen LogP contribution is 2.13. The molecular weight excluding hydrogens is 200 g/mol. The summed E-state index contributed by atoms with van der Waals surface area (Å²) in [7, 11) is 0. The molecule has 1 atom stereocenters. The summed E-state index contributed by atoms with van der Waals surface area (Å²) in [5, 5.41) is 0. The summed E-state index contributed by atoms with van der Waals surface area (Å²) in [6.45, 7) is 10.3. The van der Waals surface area contributed by atoms with Crippen LogP contribution in [0.2, 0.25) is 0 Å². The molecule has 0 N–H and O–H groups in total. The molecule has 0 saturated carbocycles. The Balaban J connectivity index is 3.66. The van der Waals surface area contributed by atoms with Gasteiger partial charge in [0.1, 0.15) is 0 Å². The van der Waals surface area contributed by atoms with Gasteiger partial charge in [-0.3, -0.25) is 4.79 Å². The quantitative estimate of drug-likeness (QED) is 0.481. The van der Waals surface area contributed by atoms with Gasteiger partial charge in [0.25, 0.3) is 0 Å². The molecule has 0 aromatic rings. The molecule has 0 radical (unpaired) electrons. The topological polar surface area (TPSA) is 26.3 Å². The van der Waals surface area contributed by atoms with Crippen LogP contribution in [0, 0.1) is 17.8 Å². The van der Waals surface area contributed by atoms with Crippen LogP contribution in [0.3, 0.4) is 0 Å². The summed E-state index contributed by atoms with van der Waals surface area (Å²) in [6.07, 6.45) is 7.18. The molecule has 0 spiro atoms. The Hall–Kier alpha value is -0.790. The molecular formula is C14H26O2. The number of esters is 1. The fraction of sp³-hybridized carbons (Fsp3) is 0.786. The molecule has 0 aromatic heterocycles. The van der Waals surface area contributed by atoms with Gasteiger partial charge in [-0.25, -0.2) is 0 Å². The van der Waals surface area contributed by atoms with Crippen molar-refractivity contribution in [3.05, 3.63) is 12.3 Å². The molecule has 94 valence electrons. The van der Waals surface area contributed by atoms with Crippen LogP contribution in [0.5, 0.6) is 0 Å². The van der Waals surface area contributed by atoms with Crippen LogP contribution in [-0.2, 0) is 9.53 Å². The molecule has 0 amide bonds. The van der Waals surface area contributed by atoms with Crippen LogP contribution >= 0.6 is 0 Å². The van der Waals surface area contributed by atoms with Crippen molar-refractivity contribution < 1.29 is 9.53 Å². The zero-order chi connectivity index (χ0) is 12.6. The van der Waals surface area contributed by atoms with Crippen molar-refractivity contribution in [1.29, 1.82) is 0 Å². The van der Waals surface area contributed by atoms with Gasteiger partial charge in [-0.15, -0.1) is 0 Å². The van der Waals surface area contributed by atoms with Crippen molar-refractivity contribution >= 4 is 5.97 Å². The third-order valence-corrected chi connectivity index (χ3v) is 2.50. The number of hydrogen-bond donors (Lipinski definition) is 0. The minimum Gasteiger partial charge on any atom is -0.435 e. The summed E-state index contributed by atoms with van der Waals surface area (Å²) >= 11 is 0. The molecule has 2 heteroatoms. The van der Waals surface area contributed by atoms with E-state index in [1.807, 2.05) is 19.9 Å². The van der Waals surface area contributed by atoms with E-state index in [9.17, 15) is 4.79 Å². The third-order valence-electron chi connectivity index (χ3n) is 2.50. The Morgan fingerprint density at radius 2 is 1.75 bits per heavy atom. The summed E-state index contributed by atoms with van der Waals surface area (Å²) < 4.78 is 4.98. The summed E-state index contributed by atoms with van der Waals surface area (Å²) in [6, 6.07) is 0. The van der Waals surface area contributed by atoms with Crippen LogP contribution in [-0.4, -0.2) is 5.97 Å². The average molecular weight is 226 g/mol. The molecule has 0 bridgehead atoms. The summed E-state index contributed by atoms with van der Waals surface area (Å²) in [5.74, 6) is 1.04. The maximum Gasteiger partial charge on any atom is 0.313 e. The van der Waals surface area contributed by atoms with Gasteiger partial charge in [-0.05, 0) is 24.3 Å². The zero-order valence-corrected chi connectivity index (χ0v) is 11.3. The first-order valence-electron chi connectivity index (χ1n) is 6.30. The van der Waals surface area contributed by atoms with Gasteiger partial charge in [0, 0.05) is 0 Å². The molecule has 0 aliphatic heterocycles. The number of ether oxygens (including phenoxy) is 1. The number of allylic oxidation sites excluding steroid dienone is 1. The van der Waals surface area contributed by atoms with Crippen LogP contribution in [0.4, 0.5) is 0 Å². The van der Waals surface area contributed by atoms with E-state index in [2.05, 4.69) is 20.8 Å². The van der Waals surface area contributed by atoms with E-state index >= 15 is 0 Å². The smallest absolute Gasteiger partial charge is 0.313 e. The standard InChI is InChI=1S/C14H26O2/c1-11(2)7-6-8-13(5)9-10-16-14(15)12(3)4/h9-13H,6-8H2,1-5H3. The minimum atomic E-state index is -0.161. The summed E-state index contributed by atoms with van der Waals surface area (Å²) in [4.78, 5) is 11.2. The molecule has 0 fully saturated rings. The second-order valence-electron chi connectivity index (χ2n) is 5.22. The van der Waals surface area contributed by atoms with E-state index in [-0.39, 0.29) is 11.9 Å². The lowest BCUT2D eigenvalue weighted by atomic mass is 10.00. The van der Waals surface area contributed by atoms with Crippen molar-refractivity contribution in [1.82, 2.24) is 0 Å². The minimum absolute atomic E-state index is 0.0547. The number of hydrogen-bond acceptors (Lipinski definition) is 2. The van der Waals surface area contributed by atoms with Crippen molar-refractivity contribution in [2.75, 3.05) is 0 Å². The van der Waals surface area contributed by atoms with Gasteiger partial charge in [0.15, 0.2) is 0 Å². The largest absolute Gasteiger partial charge is 0.435 e. The molecule has 16 heavy (non-hydrogen) atoms. The third kappa shape index (κ3) is 8.51. The van der Waals surface area contributed by atoms with Crippen LogP contribution in [0.25, 0.3) is 0 Å². The van der Waals surface area contributed by atoms with Crippen molar-refractivity contribution in [3.8, 4) is 0 Å². The first-order valence-corrected chi connectivity index (χ1v) is 6.30. The zero-order valence-electron chi connectivity index (χ0n) is 11.3. The number of carbonyl (C=O) groups is 1. The predicted molar refractivity (Wildman–Crippen MR) is 67.9 cm³/mol. The highest BCUT2D eigenvalue weighted by Gasteiger charge is 2.06. The van der Waals surface area contributed by atoms with Crippen LogP contribution in [0.1, 0.15) is 53.9 Å². The van der Waals surface area contributed by atoms with E-state index in [4.69, 9.17) is 4.74 Å². The van der Waals surface area contributed by atoms with Crippen molar-refractivity contribution in [3.63, 3.8) is 0 Å². The average Bonchev–Trinajstić information content (AvgIpc) is 2.16. The Morgan fingerprint density at radius 3 is 2.25 bits per heavy atom. The molecule has 0 aliphatic carbocycles. The molecule has 0 aromatic carbocycles. The second-order valence-corrected chi connectivity index (χ2v) is 5.22. The maximum absolute atomic E-state index is 11.2. The molecule has 0 saturated heterocycles. The molecule has 1 unspecified atom stereocenters. The van der Waals surface area contributed by atoms with Crippen molar-refractivity contribution in [2.24, 2.45) is 17.8 Å². The number of rotatable bonds is 7. The van der Waals surface area contributed by atoms with Crippen LogP contribution < -0.4 is 0 Å². The van der Waals surface area contributed by atoms with E-state index in [0.717, 1.165) is 12.3 Å². The highest BCUT2D eigenvalue weighted by atomic mass is 16.5. The molecule has 0 aliphatic rings. The second kappa shape index (κ2) is 8.37. The first-order chi connectivity index (χ1) is 7.43.